The van der Waals surface area contributed by atoms with Crippen LogP contribution in [0, 0.1) is 0 Å². The van der Waals surface area contributed by atoms with Gasteiger partial charge in [0.15, 0.2) is 5.78 Å². The Morgan fingerprint density at radius 1 is 1.03 bits per heavy atom. The number of ketones is 1. The highest BCUT2D eigenvalue weighted by Crippen LogP contribution is 2.20. The molecule has 0 aliphatic heterocycles. The number of rotatable bonds is 9. The largest absolute Gasteiger partial charge is 0.497 e. The number of carbonyl (C=O) groups excluding carboxylic acids is 2. The molecule has 34 heavy (non-hydrogen) atoms. The van der Waals surface area contributed by atoms with Crippen LogP contribution in [0.3, 0.4) is 0 Å². The monoisotopic (exact) mass is 455 g/mol. The Hall–Kier alpha value is -4.26. The van der Waals surface area contributed by atoms with Crippen LogP contribution in [0.2, 0.25) is 0 Å². The molecule has 4 rings (SSSR count). The lowest BCUT2D eigenvalue weighted by Crippen LogP contribution is -2.30. The van der Waals surface area contributed by atoms with Crippen LogP contribution in [0.15, 0.2) is 84.0 Å². The molecule has 2 aromatic heterocycles. The smallest absolute Gasteiger partial charge is 0.239 e. The molecule has 2 heterocycles. The third-order valence-electron chi connectivity index (χ3n) is 5.60. The molecule has 0 saturated heterocycles. The number of aromatic nitrogens is 2. The minimum absolute atomic E-state index is 0.000689. The zero-order valence-corrected chi connectivity index (χ0v) is 18.9. The summed E-state index contributed by atoms with van der Waals surface area (Å²) in [5.74, 6) is -0.0672. The summed E-state index contributed by atoms with van der Waals surface area (Å²) in [6.07, 6.45) is 6.13. The Morgan fingerprint density at radius 2 is 1.79 bits per heavy atom. The first-order chi connectivity index (χ1) is 16.6. The molecule has 0 aliphatic carbocycles. The summed E-state index contributed by atoms with van der Waals surface area (Å²) in [5, 5.41) is 3.27. The summed E-state index contributed by atoms with van der Waals surface area (Å²) < 4.78 is 6.93. The van der Waals surface area contributed by atoms with Gasteiger partial charge in [-0.25, -0.2) is 0 Å². The summed E-state index contributed by atoms with van der Waals surface area (Å²) in [4.78, 5) is 42.8. The highest BCUT2D eigenvalue weighted by atomic mass is 16.5. The molecule has 0 spiro atoms. The van der Waals surface area contributed by atoms with Gasteiger partial charge in [0.05, 0.1) is 18.2 Å². The van der Waals surface area contributed by atoms with Crippen LogP contribution < -0.4 is 15.5 Å². The number of hydrogen-bond acceptors (Lipinski definition) is 5. The fraction of sp³-hybridized carbons (Fsp3) is 0.185. The van der Waals surface area contributed by atoms with Crippen LogP contribution in [-0.2, 0) is 17.8 Å². The number of pyridine rings is 2. The number of carbonyl (C=O) groups is 2. The van der Waals surface area contributed by atoms with Crippen molar-refractivity contribution in [1.82, 2.24) is 14.9 Å². The normalized spacial score (nSPS) is 10.7. The highest BCUT2D eigenvalue weighted by Gasteiger charge is 2.18. The van der Waals surface area contributed by atoms with Crippen LogP contribution in [0.25, 0.3) is 10.9 Å². The van der Waals surface area contributed by atoms with E-state index in [0.29, 0.717) is 28.8 Å². The van der Waals surface area contributed by atoms with E-state index in [1.165, 1.54) is 31.3 Å². The molecule has 172 valence electrons. The number of nitrogens with one attached hydrogen (secondary N) is 1. The molecule has 0 atom stereocenters. The van der Waals surface area contributed by atoms with E-state index in [9.17, 15) is 14.4 Å². The minimum atomic E-state index is -0.415. The summed E-state index contributed by atoms with van der Waals surface area (Å²) in [6, 6.07) is 18.2. The lowest BCUT2D eigenvalue weighted by atomic mass is 10.0. The van der Waals surface area contributed by atoms with Crippen LogP contribution >= 0.6 is 0 Å². The van der Waals surface area contributed by atoms with Crippen molar-refractivity contribution in [1.29, 1.82) is 0 Å². The molecular weight excluding hydrogens is 430 g/mol. The van der Waals surface area contributed by atoms with E-state index in [0.717, 1.165) is 12.8 Å². The SMILES string of the molecule is COc1ccc2c(=O)c(C(=O)c3ccncc3)cn(CC(=O)NCCCc3ccccc3)c2c1. The van der Waals surface area contributed by atoms with E-state index in [2.05, 4.69) is 22.4 Å². The van der Waals surface area contributed by atoms with Gasteiger partial charge in [0.2, 0.25) is 11.3 Å². The Kier molecular flexibility index (Phi) is 7.13. The van der Waals surface area contributed by atoms with E-state index in [1.54, 1.807) is 34.9 Å². The van der Waals surface area contributed by atoms with E-state index in [1.807, 2.05) is 18.2 Å². The van der Waals surface area contributed by atoms with Crippen molar-refractivity contribution < 1.29 is 14.3 Å². The third kappa shape index (κ3) is 5.20. The molecule has 0 bridgehead atoms. The van der Waals surface area contributed by atoms with Crippen LogP contribution in [0.1, 0.15) is 27.9 Å². The van der Waals surface area contributed by atoms with Gasteiger partial charge in [-0.3, -0.25) is 19.4 Å². The maximum Gasteiger partial charge on any atom is 0.239 e. The van der Waals surface area contributed by atoms with E-state index in [-0.39, 0.29) is 23.4 Å². The molecule has 4 aromatic rings. The van der Waals surface area contributed by atoms with E-state index in [4.69, 9.17) is 4.74 Å². The predicted molar refractivity (Wildman–Crippen MR) is 130 cm³/mol. The third-order valence-corrected chi connectivity index (χ3v) is 5.60. The first kappa shape index (κ1) is 22.9. The minimum Gasteiger partial charge on any atom is -0.497 e. The summed E-state index contributed by atoms with van der Waals surface area (Å²) in [7, 11) is 1.53. The summed E-state index contributed by atoms with van der Waals surface area (Å²) in [6.45, 7) is 0.490. The zero-order chi connectivity index (χ0) is 23.9. The Labute approximate surface area is 197 Å². The van der Waals surface area contributed by atoms with Crippen molar-refractivity contribution in [2.24, 2.45) is 0 Å². The topological polar surface area (TPSA) is 90.3 Å². The molecule has 0 radical (unpaired) electrons. The lowest BCUT2D eigenvalue weighted by Gasteiger charge is -2.14. The number of ether oxygens (including phenoxy) is 1. The molecule has 0 aliphatic rings. The maximum absolute atomic E-state index is 13.1. The predicted octanol–water partition coefficient (Wildman–Crippen LogP) is 3.39. The standard InChI is InChI=1S/C27H25N3O4/c1-34-21-9-10-22-24(16-21)30(17-23(27(22)33)26(32)20-11-14-28-15-12-20)18-25(31)29-13-5-8-19-6-3-2-4-7-19/h2-4,6-7,9-12,14-17H,5,8,13,18H2,1H3,(H,29,31). The van der Waals surface area contributed by atoms with Gasteiger partial charge in [0.1, 0.15) is 12.3 Å². The molecule has 7 nitrogen and oxygen atoms in total. The second kappa shape index (κ2) is 10.6. The van der Waals surface area contributed by atoms with Gasteiger partial charge in [0.25, 0.3) is 0 Å². The van der Waals surface area contributed by atoms with Crippen molar-refractivity contribution in [3.8, 4) is 5.75 Å². The fourth-order valence-corrected chi connectivity index (χ4v) is 3.82. The first-order valence-electron chi connectivity index (χ1n) is 11.0. The number of amides is 1. The van der Waals surface area contributed by atoms with Gasteiger partial charge in [-0.2, -0.15) is 0 Å². The second-order valence-electron chi connectivity index (χ2n) is 7.89. The molecule has 0 fully saturated rings. The quantitative estimate of drug-likeness (QED) is 0.309. The van der Waals surface area contributed by atoms with Gasteiger partial charge >= 0.3 is 0 Å². The van der Waals surface area contributed by atoms with Gasteiger partial charge in [-0.1, -0.05) is 30.3 Å². The Morgan fingerprint density at radius 3 is 2.53 bits per heavy atom. The number of methoxy groups -OCH3 is 1. The van der Waals surface area contributed by atoms with E-state index >= 15 is 0 Å². The second-order valence-corrected chi connectivity index (χ2v) is 7.89. The molecule has 7 heteroatoms. The first-order valence-corrected chi connectivity index (χ1v) is 11.0. The van der Waals surface area contributed by atoms with Gasteiger partial charge in [0, 0.05) is 42.2 Å². The highest BCUT2D eigenvalue weighted by molar-refractivity contribution is 6.10. The van der Waals surface area contributed by atoms with Crippen molar-refractivity contribution in [2.75, 3.05) is 13.7 Å². The number of fused-ring (bicyclic) bond motifs is 1. The van der Waals surface area contributed by atoms with Gasteiger partial charge < -0.3 is 14.6 Å². The van der Waals surface area contributed by atoms with Crippen molar-refractivity contribution in [3.63, 3.8) is 0 Å². The molecule has 1 N–H and O–H groups in total. The van der Waals surface area contributed by atoms with Crippen molar-refractivity contribution in [2.45, 2.75) is 19.4 Å². The number of aryl methyl sites for hydroxylation is 1. The summed E-state index contributed by atoms with van der Waals surface area (Å²) >= 11 is 0. The molecule has 0 unspecified atom stereocenters. The summed E-state index contributed by atoms with van der Waals surface area (Å²) in [5.41, 5.74) is 1.71. The Bertz CT molecular complexity index is 1370. The van der Waals surface area contributed by atoms with Crippen LogP contribution in [0.5, 0.6) is 5.75 Å². The fourth-order valence-electron chi connectivity index (χ4n) is 3.82. The van der Waals surface area contributed by atoms with Crippen LogP contribution in [0.4, 0.5) is 0 Å². The molecule has 2 aromatic carbocycles. The van der Waals surface area contributed by atoms with Crippen molar-refractivity contribution >= 4 is 22.6 Å². The van der Waals surface area contributed by atoms with Crippen molar-refractivity contribution in [3.05, 3.63) is 106 Å². The average molecular weight is 456 g/mol. The molecule has 1 amide bonds. The maximum atomic E-state index is 13.1. The van der Waals surface area contributed by atoms with E-state index < -0.39 is 5.78 Å². The Balaban J connectivity index is 1.58. The molecule has 0 saturated carbocycles. The molecular formula is C27H25N3O4. The van der Waals surface area contributed by atoms with Gasteiger partial charge in [-0.05, 0) is 42.7 Å². The lowest BCUT2D eigenvalue weighted by molar-refractivity contribution is -0.121. The van der Waals surface area contributed by atoms with Crippen LogP contribution in [-0.4, -0.2) is 34.9 Å². The zero-order valence-electron chi connectivity index (χ0n) is 18.9. The number of hydrogen-bond donors (Lipinski definition) is 1. The van der Waals surface area contributed by atoms with Gasteiger partial charge in [-0.15, -0.1) is 0 Å². The average Bonchev–Trinajstić information content (AvgIpc) is 2.88. The number of benzene rings is 2. The number of nitrogens with zero attached hydrogens (tertiary/aromatic N) is 2.